The first-order chi connectivity index (χ1) is 15.3. The molecule has 0 bridgehead atoms. The standard InChI is InChI=1S/C28H33NO3/c1-4-28(2,3)26(31)27(32)29-18-10-16-24(29)25(30)17-9-15-23-21-13-7-5-11-19(21)20-12-6-8-14-22(20)23/h5-8,11-14,23-24H,4,9-10,15-18H2,1-3H3. The zero-order valence-corrected chi connectivity index (χ0v) is 19.4. The lowest BCUT2D eigenvalue weighted by atomic mass is 9.84. The van der Waals surface area contributed by atoms with Gasteiger partial charge in [-0.3, -0.25) is 14.4 Å². The van der Waals surface area contributed by atoms with Gasteiger partial charge in [0.1, 0.15) is 0 Å². The Bertz CT molecular complexity index is 993. The number of hydrogen-bond acceptors (Lipinski definition) is 3. The fourth-order valence-electron chi connectivity index (χ4n) is 5.14. The minimum absolute atomic E-state index is 0.0949. The molecule has 1 heterocycles. The van der Waals surface area contributed by atoms with Crippen LogP contribution in [-0.2, 0) is 14.4 Å². The van der Waals surface area contributed by atoms with Crippen LogP contribution in [0.15, 0.2) is 48.5 Å². The molecule has 2 aromatic carbocycles. The number of carbonyl (C=O) groups is 3. The van der Waals surface area contributed by atoms with E-state index in [0.717, 1.165) is 19.3 Å². The summed E-state index contributed by atoms with van der Waals surface area (Å²) in [6, 6.07) is 16.6. The predicted molar refractivity (Wildman–Crippen MR) is 126 cm³/mol. The van der Waals surface area contributed by atoms with Crippen molar-refractivity contribution in [3.8, 4) is 11.1 Å². The molecule has 1 amide bonds. The van der Waals surface area contributed by atoms with E-state index in [0.29, 0.717) is 31.7 Å². The third-order valence-corrected chi connectivity index (χ3v) is 7.46. The minimum Gasteiger partial charge on any atom is -0.326 e. The van der Waals surface area contributed by atoms with Crippen molar-refractivity contribution in [3.05, 3.63) is 59.7 Å². The van der Waals surface area contributed by atoms with E-state index in [4.69, 9.17) is 0 Å². The van der Waals surface area contributed by atoms with Crippen molar-refractivity contribution in [2.75, 3.05) is 6.54 Å². The van der Waals surface area contributed by atoms with Crippen LogP contribution in [0.1, 0.15) is 76.3 Å². The second-order valence-electron chi connectivity index (χ2n) is 9.81. The summed E-state index contributed by atoms with van der Waals surface area (Å²) in [6.07, 6.45) is 4.18. The van der Waals surface area contributed by atoms with Crippen LogP contribution in [0.2, 0.25) is 0 Å². The molecular weight excluding hydrogens is 398 g/mol. The summed E-state index contributed by atoms with van der Waals surface area (Å²) in [6.45, 7) is 6.02. The highest BCUT2D eigenvalue weighted by atomic mass is 16.2. The topological polar surface area (TPSA) is 54.5 Å². The molecule has 2 aliphatic rings. The molecule has 1 aliphatic heterocycles. The van der Waals surface area contributed by atoms with Crippen LogP contribution in [0.25, 0.3) is 11.1 Å². The van der Waals surface area contributed by atoms with Crippen LogP contribution < -0.4 is 0 Å². The summed E-state index contributed by atoms with van der Waals surface area (Å²) in [5, 5.41) is 0. The van der Waals surface area contributed by atoms with E-state index in [1.165, 1.54) is 22.3 Å². The smallest absolute Gasteiger partial charge is 0.291 e. The Kier molecular flexibility index (Phi) is 6.32. The summed E-state index contributed by atoms with van der Waals surface area (Å²) in [4.78, 5) is 40.1. The first-order valence-corrected chi connectivity index (χ1v) is 11.9. The molecule has 1 aliphatic carbocycles. The van der Waals surface area contributed by atoms with Gasteiger partial charge in [0.25, 0.3) is 5.91 Å². The van der Waals surface area contributed by atoms with E-state index in [-0.39, 0.29) is 11.6 Å². The fraction of sp³-hybridized carbons (Fsp3) is 0.464. The zero-order valence-electron chi connectivity index (χ0n) is 19.4. The summed E-state index contributed by atoms with van der Waals surface area (Å²) >= 11 is 0. The number of rotatable bonds is 8. The highest BCUT2D eigenvalue weighted by Crippen LogP contribution is 2.46. The number of amides is 1. The molecule has 1 atom stereocenters. The summed E-state index contributed by atoms with van der Waals surface area (Å²) < 4.78 is 0. The van der Waals surface area contributed by atoms with Crippen LogP contribution >= 0.6 is 0 Å². The minimum atomic E-state index is -0.684. The van der Waals surface area contributed by atoms with Crippen LogP contribution in [0.3, 0.4) is 0 Å². The van der Waals surface area contributed by atoms with E-state index in [1.54, 1.807) is 18.7 Å². The van der Waals surface area contributed by atoms with Gasteiger partial charge in [-0.15, -0.1) is 0 Å². The van der Waals surface area contributed by atoms with Crippen LogP contribution in [0.5, 0.6) is 0 Å². The Morgan fingerprint density at radius 2 is 1.56 bits per heavy atom. The largest absolute Gasteiger partial charge is 0.326 e. The monoisotopic (exact) mass is 431 g/mol. The van der Waals surface area contributed by atoms with Crippen molar-refractivity contribution < 1.29 is 14.4 Å². The molecule has 0 spiro atoms. The molecule has 0 radical (unpaired) electrons. The highest BCUT2D eigenvalue weighted by molar-refractivity contribution is 6.38. The Morgan fingerprint density at radius 1 is 0.969 bits per heavy atom. The molecule has 0 saturated carbocycles. The van der Waals surface area contributed by atoms with Crippen LogP contribution in [-0.4, -0.2) is 35.0 Å². The lowest BCUT2D eigenvalue weighted by Gasteiger charge is -2.27. The van der Waals surface area contributed by atoms with E-state index in [9.17, 15) is 14.4 Å². The zero-order chi connectivity index (χ0) is 22.9. The number of Topliss-reactive ketones (excluding diaryl/α,β-unsaturated/α-hetero) is 2. The van der Waals surface area contributed by atoms with Gasteiger partial charge in [0.05, 0.1) is 6.04 Å². The molecular formula is C28H33NO3. The quantitative estimate of drug-likeness (QED) is 0.516. The first-order valence-electron chi connectivity index (χ1n) is 11.9. The van der Waals surface area contributed by atoms with Gasteiger partial charge in [0, 0.05) is 24.3 Å². The Morgan fingerprint density at radius 3 is 2.16 bits per heavy atom. The second-order valence-corrected chi connectivity index (χ2v) is 9.81. The van der Waals surface area contributed by atoms with E-state index in [2.05, 4.69) is 48.5 Å². The molecule has 168 valence electrons. The molecule has 1 fully saturated rings. The third kappa shape index (κ3) is 4.03. The van der Waals surface area contributed by atoms with Gasteiger partial charge in [-0.2, -0.15) is 0 Å². The summed E-state index contributed by atoms with van der Waals surface area (Å²) in [7, 11) is 0. The maximum Gasteiger partial charge on any atom is 0.291 e. The van der Waals surface area contributed by atoms with Gasteiger partial charge in [0.2, 0.25) is 5.78 Å². The van der Waals surface area contributed by atoms with Gasteiger partial charge >= 0.3 is 0 Å². The van der Waals surface area contributed by atoms with Gasteiger partial charge in [-0.05, 0) is 54.4 Å². The Labute approximate surface area is 191 Å². The molecule has 0 N–H and O–H groups in total. The normalized spacial score (nSPS) is 17.8. The molecule has 4 nitrogen and oxygen atoms in total. The van der Waals surface area contributed by atoms with E-state index in [1.807, 2.05) is 6.92 Å². The van der Waals surface area contributed by atoms with Gasteiger partial charge in [0.15, 0.2) is 5.78 Å². The molecule has 1 saturated heterocycles. The van der Waals surface area contributed by atoms with Gasteiger partial charge in [-0.1, -0.05) is 69.3 Å². The third-order valence-electron chi connectivity index (χ3n) is 7.46. The number of fused-ring (bicyclic) bond motifs is 3. The van der Waals surface area contributed by atoms with Crippen molar-refractivity contribution in [2.45, 2.75) is 71.3 Å². The van der Waals surface area contributed by atoms with Crippen molar-refractivity contribution in [2.24, 2.45) is 5.41 Å². The Balaban J connectivity index is 1.40. The SMILES string of the molecule is CCC(C)(C)C(=O)C(=O)N1CCCC1C(=O)CCCC1c2ccccc2-c2ccccc21. The van der Waals surface area contributed by atoms with Crippen LogP contribution in [0, 0.1) is 5.41 Å². The first kappa shape index (κ1) is 22.4. The number of likely N-dealkylation sites (tertiary alicyclic amines) is 1. The molecule has 1 unspecified atom stereocenters. The number of ketones is 2. The van der Waals surface area contributed by atoms with Gasteiger partial charge in [-0.25, -0.2) is 0 Å². The maximum atomic E-state index is 13.1. The predicted octanol–water partition coefficient (Wildman–Crippen LogP) is 5.53. The molecule has 0 aromatic heterocycles. The average molecular weight is 432 g/mol. The van der Waals surface area contributed by atoms with Crippen molar-refractivity contribution in [1.82, 2.24) is 4.90 Å². The second kappa shape index (κ2) is 9.01. The van der Waals surface area contributed by atoms with Crippen molar-refractivity contribution >= 4 is 17.5 Å². The number of carbonyl (C=O) groups excluding carboxylic acids is 3. The number of hydrogen-bond donors (Lipinski definition) is 0. The lowest BCUT2D eigenvalue weighted by Crippen LogP contribution is -2.47. The molecule has 2 aromatic rings. The molecule has 4 rings (SSSR count). The van der Waals surface area contributed by atoms with Crippen LogP contribution in [0.4, 0.5) is 0 Å². The van der Waals surface area contributed by atoms with Gasteiger partial charge < -0.3 is 4.90 Å². The number of benzene rings is 2. The number of nitrogens with zero attached hydrogens (tertiary/aromatic N) is 1. The maximum absolute atomic E-state index is 13.1. The average Bonchev–Trinajstić information content (AvgIpc) is 3.42. The van der Waals surface area contributed by atoms with Crippen molar-refractivity contribution in [3.63, 3.8) is 0 Å². The Hall–Kier alpha value is -2.75. The molecule has 32 heavy (non-hydrogen) atoms. The van der Waals surface area contributed by atoms with Crippen molar-refractivity contribution in [1.29, 1.82) is 0 Å². The lowest BCUT2D eigenvalue weighted by molar-refractivity contribution is -0.151. The van der Waals surface area contributed by atoms with E-state index < -0.39 is 17.4 Å². The highest BCUT2D eigenvalue weighted by Gasteiger charge is 2.40. The van der Waals surface area contributed by atoms with E-state index >= 15 is 0 Å². The summed E-state index contributed by atoms with van der Waals surface area (Å²) in [5.74, 6) is -0.453. The fourth-order valence-corrected chi connectivity index (χ4v) is 5.14. The molecule has 4 heteroatoms. The summed E-state index contributed by atoms with van der Waals surface area (Å²) in [5.41, 5.74) is 4.58.